The van der Waals surface area contributed by atoms with Crippen molar-refractivity contribution in [2.24, 2.45) is 0 Å². The van der Waals surface area contributed by atoms with Gasteiger partial charge in [0.2, 0.25) is 5.91 Å². The second-order valence-electron chi connectivity index (χ2n) is 7.25. The normalized spacial score (nSPS) is 11.0. The molecule has 9 heteroatoms. The van der Waals surface area contributed by atoms with Gasteiger partial charge >= 0.3 is 0 Å². The van der Waals surface area contributed by atoms with E-state index in [1.165, 1.54) is 23.1 Å². The van der Waals surface area contributed by atoms with Gasteiger partial charge in [0.05, 0.1) is 23.9 Å². The summed E-state index contributed by atoms with van der Waals surface area (Å²) < 4.78 is 6.80. The number of para-hydroxylation sites is 1. The summed E-state index contributed by atoms with van der Waals surface area (Å²) in [5, 5.41) is 7.91. The van der Waals surface area contributed by atoms with E-state index in [1.807, 2.05) is 65.4 Å². The van der Waals surface area contributed by atoms with E-state index >= 15 is 0 Å². The second kappa shape index (κ2) is 9.84. The van der Waals surface area contributed by atoms with Crippen LogP contribution in [0.3, 0.4) is 0 Å². The summed E-state index contributed by atoms with van der Waals surface area (Å²) in [7, 11) is 1.58. The van der Waals surface area contributed by atoms with E-state index in [-0.39, 0.29) is 17.2 Å². The molecule has 1 amide bonds. The van der Waals surface area contributed by atoms with Crippen molar-refractivity contribution < 1.29 is 9.53 Å². The average Bonchev–Trinajstić information content (AvgIpc) is 3.53. The number of hydrogen-bond acceptors (Lipinski definition) is 7. The average molecular weight is 506 g/mol. The number of hydrogen-bond donors (Lipinski definition) is 1. The van der Waals surface area contributed by atoms with Gasteiger partial charge in [0.15, 0.2) is 5.16 Å². The third-order valence-electron chi connectivity index (χ3n) is 5.06. The summed E-state index contributed by atoms with van der Waals surface area (Å²) in [6, 6.07) is 20.5. The molecule has 0 spiro atoms. The van der Waals surface area contributed by atoms with Crippen LogP contribution < -0.4 is 15.6 Å². The topological polar surface area (TPSA) is 73.2 Å². The third kappa shape index (κ3) is 4.50. The molecule has 5 rings (SSSR count). The van der Waals surface area contributed by atoms with Crippen molar-refractivity contribution in [1.29, 1.82) is 0 Å². The number of thioether (sulfide) groups is 1. The lowest BCUT2D eigenvalue weighted by Crippen LogP contribution is -2.22. The number of aromatic nitrogens is 2. The molecule has 0 aliphatic heterocycles. The highest BCUT2D eigenvalue weighted by atomic mass is 32.2. The van der Waals surface area contributed by atoms with Gasteiger partial charge < -0.3 is 10.1 Å². The van der Waals surface area contributed by atoms with Gasteiger partial charge in [0.25, 0.3) is 5.56 Å². The van der Waals surface area contributed by atoms with Crippen LogP contribution in [0.1, 0.15) is 0 Å². The monoisotopic (exact) mass is 505 g/mol. The van der Waals surface area contributed by atoms with Crippen LogP contribution in [0.5, 0.6) is 5.75 Å². The first-order valence-corrected chi connectivity index (χ1v) is 13.1. The van der Waals surface area contributed by atoms with E-state index in [9.17, 15) is 9.59 Å². The molecule has 0 radical (unpaired) electrons. The molecule has 0 aliphatic carbocycles. The highest BCUT2D eigenvalue weighted by Gasteiger charge is 2.19. The number of fused-ring (bicyclic) bond motifs is 1. The summed E-state index contributed by atoms with van der Waals surface area (Å²) in [4.78, 5) is 32.9. The highest BCUT2D eigenvalue weighted by molar-refractivity contribution is 7.99. The Labute approximate surface area is 207 Å². The lowest BCUT2D eigenvalue weighted by atomic mass is 10.2. The number of methoxy groups -OCH3 is 1. The Morgan fingerprint density at radius 2 is 1.94 bits per heavy atom. The number of carbonyl (C=O) groups is 1. The Kier molecular flexibility index (Phi) is 6.48. The first-order valence-electron chi connectivity index (χ1n) is 10.3. The summed E-state index contributed by atoms with van der Waals surface area (Å²) in [6.45, 7) is 0. The number of nitrogens with zero attached hydrogens (tertiary/aromatic N) is 2. The maximum absolute atomic E-state index is 13.7. The molecule has 6 nitrogen and oxygen atoms in total. The van der Waals surface area contributed by atoms with Crippen molar-refractivity contribution in [1.82, 2.24) is 9.55 Å². The van der Waals surface area contributed by atoms with Gasteiger partial charge in [-0.2, -0.15) is 0 Å². The van der Waals surface area contributed by atoms with Crippen LogP contribution in [0.15, 0.2) is 87.4 Å². The molecule has 3 aromatic heterocycles. The molecule has 170 valence electrons. The zero-order valence-electron chi connectivity index (χ0n) is 18.1. The van der Waals surface area contributed by atoms with Crippen LogP contribution in [0.2, 0.25) is 0 Å². The van der Waals surface area contributed by atoms with E-state index < -0.39 is 0 Å². The molecule has 0 saturated carbocycles. The maximum atomic E-state index is 13.7. The van der Waals surface area contributed by atoms with Gasteiger partial charge in [0.1, 0.15) is 10.6 Å². The van der Waals surface area contributed by atoms with E-state index in [0.717, 1.165) is 10.4 Å². The first-order chi connectivity index (χ1) is 16.6. The Balaban J connectivity index is 1.50. The lowest BCUT2D eigenvalue weighted by molar-refractivity contribution is -0.113. The molecular formula is C25H19N3O3S3. The van der Waals surface area contributed by atoms with Crippen LogP contribution >= 0.6 is 34.4 Å². The van der Waals surface area contributed by atoms with Crippen molar-refractivity contribution in [3.8, 4) is 21.9 Å². The standard InChI is InChI=1S/C25H19N3O3S3/c1-31-18-10-5-7-16(13-18)26-21(29)15-34-25-27-23-22(19(14-33-23)20-11-6-12-32-20)24(30)28(25)17-8-3-2-4-9-17/h2-14H,15H2,1H3,(H,26,29). The summed E-state index contributed by atoms with van der Waals surface area (Å²) in [6.07, 6.45) is 0. The minimum atomic E-state index is -0.197. The first kappa shape index (κ1) is 22.4. The van der Waals surface area contributed by atoms with Gasteiger partial charge in [-0.05, 0) is 35.7 Å². The van der Waals surface area contributed by atoms with Crippen molar-refractivity contribution in [2.45, 2.75) is 5.16 Å². The SMILES string of the molecule is COc1cccc(NC(=O)CSc2nc3scc(-c4cccs4)c3c(=O)n2-c2ccccc2)c1. The third-order valence-corrected chi connectivity index (χ3v) is 7.78. The molecule has 3 heterocycles. The number of anilines is 1. The molecule has 0 atom stereocenters. The highest BCUT2D eigenvalue weighted by Crippen LogP contribution is 2.35. The van der Waals surface area contributed by atoms with Gasteiger partial charge in [-0.15, -0.1) is 22.7 Å². The van der Waals surface area contributed by atoms with E-state index in [0.29, 0.717) is 32.5 Å². The minimum Gasteiger partial charge on any atom is -0.497 e. The van der Waals surface area contributed by atoms with Crippen molar-refractivity contribution in [3.63, 3.8) is 0 Å². The number of rotatable bonds is 7. The van der Waals surface area contributed by atoms with Gasteiger partial charge in [-0.3, -0.25) is 14.2 Å². The number of ether oxygens (including phenoxy) is 1. The number of amides is 1. The van der Waals surface area contributed by atoms with Crippen LogP contribution in [0.25, 0.3) is 26.3 Å². The zero-order valence-corrected chi connectivity index (χ0v) is 20.5. The fourth-order valence-electron chi connectivity index (χ4n) is 3.51. The zero-order chi connectivity index (χ0) is 23.5. The predicted octanol–water partition coefficient (Wildman–Crippen LogP) is 5.92. The van der Waals surface area contributed by atoms with Gasteiger partial charge in [0, 0.05) is 27.6 Å². The van der Waals surface area contributed by atoms with Crippen LogP contribution in [-0.4, -0.2) is 28.3 Å². The van der Waals surface area contributed by atoms with Crippen molar-refractivity contribution >= 4 is 56.2 Å². The van der Waals surface area contributed by atoms with E-state index in [1.54, 1.807) is 35.1 Å². The fourth-order valence-corrected chi connectivity index (χ4v) is 6.13. The second-order valence-corrected chi connectivity index (χ2v) is 9.99. The quantitative estimate of drug-likeness (QED) is 0.220. The molecule has 0 unspecified atom stereocenters. The Morgan fingerprint density at radius 3 is 2.71 bits per heavy atom. The fraction of sp³-hybridized carbons (Fsp3) is 0.0800. The summed E-state index contributed by atoms with van der Waals surface area (Å²) in [5.41, 5.74) is 2.11. The van der Waals surface area contributed by atoms with Crippen molar-refractivity contribution in [3.05, 3.63) is 87.8 Å². The molecule has 0 aliphatic rings. The number of thiophene rings is 2. The minimum absolute atomic E-state index is 0.102. The lowest BCUT2D eigenvalue weighted by Gasteiger charge is -2.12. The molecule has 1 N–H and O–H groups in total. The molecule has 2 aromatic carbocycles. The Bertz CT molecular complexity index is 1510. The largest absolute Gasteiger partial charge is 0.497 e. The number of benzene rings is 2. The predicted molar refractivity (Wildman–Crippen MR) is 141 cm³/mol. The Hall–Kier alpha value is -3.40. The Morgan fingerprint density at radius 1 is 1.09 bits per heavy atom. The molecule has 34 heavy (non-hydrogen) atoms. The summed E-state index contributed by atoms with van der Waals surface area (Å²) >= 11 is 4.26. The maximum Gasteiger partial charge on any atom is 0.268 e. The van der Waals surface area contributed by atoms with Crippen molar-refractivity contribution in [2.75, 3.05) is 18.2 Å². The molecule has 0 fully saturated rings. The molecule has 0 saturated heterocycles. The molecule has 5 aromatic rings. The number of nitrogens with one attached hydrogen (secondary N) is 1. The van der Waals surface area contributed by atoms with Crippen LogP contribution in [0, 0.1) is 0 Å². The van der Waals surface area contributed by atoms with E-state index in [4.69, 9.17) is 9.72 Å². The van der Waals surface area contributed by atoms with Crippen LogP contribution in [-0.2, 0) is 4.79 Å². The number of carbonyl (C=O) groups excluding carboxylic acids is 1. The van der Waals surface area contributed by atoms with Gasteiger partial charge in [-0.25, -0.2) is 4.98 Å². The summed E-state index contributed by atoms with van der Waals surface area (Å²) in [5.74, 6) is 0.568. The molecular weight excluding hydrogens is 486 g/mol. The smallest absolute Gasteiger partial charge is 0.268 e. The van der Waals surface area contributed by atoms with Crippen LogP contribution in [0.4, 0.5) is 5.69 Å². The van der Waals surface area contributed by atoms with E-state index in [2.05, 4.69) is 5.32 Å². The molecule has 0 bridgehead atoms. The van der Waals surface area contributed by atoms with Gasteiger partial charge in [-0.1, -0.05) is 42.1 Å².